The molecule has 1 aliphatic carbocycles. The average Bonchev–Trinajstić information content (AvgIpc) is 3.68. The van der Waals surface area contributed by atoms with Crippen LogP contribution in [0.4, 0.5) is 20.4 Å². The normalized spacial score (nSPS) is 18.7. The van der Waals surface area contributed by atoms with E-state index in [1.54, 1.807) is 18.2 Å². The Hall–Kier alpha value is -3.58. The number of morpholine rings is 1. The van der Waals surface area contributed by atoms with Gasteiger partial charge in [-0.15, -0.1) is 0 Å². The Morgan fingerprint density at radius 2 is 1.74 bits per heavy atom. The highest BCUT2D eigenvalue weighted by Gasteiger charge is 2.28. The second-order valence-electron chi connectivity index (χ2n) is 10.0. The molecule has 2 aromatic heterocycles. The molecule has 4 heterocycles. The fourth-order valence-electron chi connectivity index (χ4n) is 5.08. The van der Waals surface area contributed by atoms with Gasteiger partial charge in [-0.2, -0.15) is 9.97 Å². The number of aromatic nitrogens is 4. The maximum Gasteiger partial charge on any atom is 0.296 e. The van der Waals surface area contributed by atoms with Gasteiger partial charge in [0.05, 0.1) is 32.4 Å². The number of nitrogens with zero attached hydrogens (tertiary/aromatic N) is 7. The minimum atomic E-state index is -2.84. The number of halogens is 2. The highest BCUT2D eigenvalue weighted by atomic mass is 19.3. The molecule has 3 aliphatic rings. The molecule has 6 rings (SSSR count). The fraction of sp³-hybridized carbons (Fsp3) is 0.538. The molecular formula is C26H32F2N8O3. The van der Waals surface area contributed by atoms with Crippen molar-refractivity contribution in [3.8, 4) is 11.7 Å². The number of rotatable bonds is 8. The van der Waals surface area contributed by atoms with Gasteiger partial charge in [0.2, 0.25) is 11.9 Å². The SMILES string of the molecule is COc1cccc2c1nc(C(F)F)n2-c1nc(N2CCOCC2)cc(N2CCN(CC(=O)NC3CC3)CC2)n1. The van der Waals surface area contributed by atoms with Gasteiger partial charge < -0.3 is 24.6 Å². The summed E-state index contributed by atoms with van der Waals surface area (Å²) in [7, 11) is 1.48. The van der Waals surface area contributed by atoms with Gasteiger partial charge in [0, 0.05) is 51.4 Å². The summed E-state index contributed by atoms with van der Waals surface area (Å²) in [6, 6.07) is 7.39. The third-order valence-corrected chi connectivity index (χ3v) is 7.32. The van der Waals surface area contributed by atoms with E-state index in [-0.39, 0.29) is 11.9 Å². The second kappa shape index (κ2) is 10.9. The number of ether oxygens (including phenoxy) is 2. The van der Waals surface area contributed by atoms with Crippen LogP contribution in [-0.4, -0.2) is 103 Å². The summed E-state index contributed by atoms with van der Waals surface area (Å²) < 4.78 is 40.8. The van der Waals surface area contributed by atoms with Gasteiger partial charge in [0.15, 0.2) is 5.82 Å². The number of alkyl halides is 2. The van der Waals surface area contributed by atoms with E-state index in [0.717, 1.165) is 12.8 Å². The number of methoxy groups -OCH3 is 1. The highest BCUT2D eigenvalue weighted by Crippen LogP contribution is 2.33. The molecule has 2 aliphatic heterocycles. The van der Waals surface area contributed by atoms with E-state index in [9.17, 15) is 13.6 Å². The van der Waals surface area contributed by atoms with Crippen LogP contribution in [0, 0.1) is 0 Å². The number of hydrogen-bond acceptors (Lipinski definition) is 9. The molecule has 1 N–H and O–H groups in total. The number of piperazine rings is 1. The van der Waals surface area contributed by atoms with E-state index in [0.29, 0.717) is 93.5 Å². The molecule has 0 unspecified atom stereocenters. The zero-order valence-electron chi connectivity index (χ0n) is 21.9. The Morgan fingerprint density at radius 3 is 2.38 bits per heavy atom. The van der Waals surface area contributed by atoms with Crippen LogP contribution in [0.15, 0.2) is 24.3 Å². The molecule has 3 fully saturated rings. The van der Waals surface area contributed by atoms with E-state index in [1.807, 2.05) is 6.07 Å². The van der Waals surface area contributed by atoms with Crippen molar-refractivity contribution in [1.29, 1.82) is 0 Å². The van der Waals surface area contributed by atoms with Crippen LogP contribution < -0.4 is 19.9 Å². The van der Waals surface area contributed by atoms with Crippen molar-refractivity contribution in [1.82, 2.24) is 29.7 Å². The Labute approximate surface area is 224 Å². The van der Waals surface area contributed by atoms with Crippen molar-refractivity contribution in [2.75, 3.05) is 75.9 Å². The summed E-state index contributed by atoms with van der Waals surface area (Å²) in [5.74, 6) is 1.45. The standard InChI is InChI=1S/C26H32F2N8O3/c1-38-19-4-2-3-18-23(19)32-25(24(27)28)36(18)26-30-20(15-21(31-26)35-11-13-39-14-12-35)34-9-7-33(8-10-34)16-22(37)29-17-5-6-17/h2-4,15,17,24H,5-14,16H2,1H3,(H,29,37). The first kappa shape index (κ1) is 25.7. The number of carbonyl (C=O) groups excluding carboxylic acids is 1. The second-order valence-corrected chi connectivity index (χ2v) is 10.0. The van der Waals surface area contributed by atoms with Gasteiger partial charge in [-0.1, -0.05) is 6.07 Å². The van der Waals surface area contributed by atoms with Crippen LogP contribution in [0.5, 0.6) is 5.75 Å². The molecule has 0 atom stereocenters. The molecule has 1 saturated carbocycles. The minimum Gasteiger partial charge on any atom is -0.494 e. The van der Waals surface area contributed by atoms with E-state index in [4.69, 9.17) is 19.4 Å². The largest absolute Gasteiger partial charge is 0.494 e. The van der Waals surface area contributed by atoms with Crippen molar-refractivity contribution in [3.05, 3.63) is 30.1 Å². The Bertz CT molecular complexity index is 1330. The van der Waals surface area contributed by atoms with Crippen LogP contribution >= 0.6 is 0 Å². The Balaban J connectivity index is 1.34. The van der Waals surface area contributed by atoms with E-state index >= 15 is 0 Å². The Morgan fingerprint density at radius 1 is 1.05 bits per heavy atom. The lowest BCUT2D eigenvalue weighted by Crippen LogP contribution is -2.50. The van der Waals surface area contributed by atoms with Crippen LogP contribution in [0.2, 0.25) is 0 Å². The van der Waals surface area contributed by atoms with Crippen molar-refractivity contribution >= 4 is 28.6 Å². The van der Waals surface area contributed by atoms with Crippen molar-refractivity contribution in [3.63, 3.8) is 0 Å². The number of para-hydroxylation sites is 1. The maximum absolute atomic E-state index is 14.3. The summed E-state index contributed by atoms with van der Waals surface area (Å²) in [6.07, 6.45) is -0.716. The molecule has 1 aromatic carbocycles. The van der Waals surface area contributed by atoms with E-state index in [1.165, 1.54) is 11.7 Å². The van der Waals surface area contributed by atoms with Gasteiger partial charge in [-0.3, -0.25) is 14.3 Å². The molecule has 0 bridgehead atoms. The average molecular weight is 543 g/mol. The van der Waals surface area contributed by atoms with Crippen molar-refractivity contribution in [2.45, 2.75) is 25.3 Å². The lowest BCUT2D eigenvalue weighted by atomic mass is 10.3. The van der Waals surface area contributed by atoms with Gasteiger partial charge in [-0.25, -0.2) is 13.8 Å². The molecule has 11 nitrogen and oxygen atoms in total. The summed E-state index contributed by atoms with van der Waals surface area (Å²) >= 11 is 0. The number of amides is 1. The first-order valence-electron chi connectivity index (χ1n) is 13.3. The number of benzene rings is 1. The molecule has 2 saturated heterocycles. The fourth-order valence-corrected chi connectivity index (χ4v) is 5.08. The smallest absolute Gasteiger partial charge is 0.296 e. The number of hydrogen-bond donors (Lipinski definition) is 1. The molecule has 208 valence electrons. The van der Waals surface area contributed by atoms with Crippen molar-refractivity contribution < 1.29 is 23.0 Å². The molecule has 1 amide bonds. The topological polar surface area (TPSA) is 101 Å². The van der Waals surface area contributed by atoms with Gasteiger partial charge >= 0.3 is 0 Å². The van der Waals surface area contributed by atoms with E-state index < -0.39 is 12.2 Å². The lowest BCUT2D eigenvalue weighted by Gasteiger charge is -2.36. The maximum atomic E-state index is 14.3. The molecule has 39 heavy (non-hydrogen) atoms. The first-order valence-corrected chi connectivity index (χ1v) is 13.3. The zero-order valence-corrected chi connectivity index (χ0v) is 21.9. The lowest BCUT2D eigenvalue weighted by molar-refractivity contribution is -0.122. The Kier molecular flexibility index (Phi) is 7.17. The summed E-state index contributed by atoms with van der Waals surface area (Å²) in [5.41, 5.74) is 0.775. The van der Waals surface area contributed by atoms with Gasteiger partial charge in [0.1, 0.15) is 22.9 Å². The molecule has 13 heteroatoms. The number of imidazole rings is 1. The molecule has 3 aromatic rings. The van der Waals surface area contributed by atoms with Gasteiger partial charge in [0.25, 0.3) is 6.43 Å². The number of carbonyl (C=O) groups is 1. The predicted molar refractivity (Wildman–Crippen MR) is 141 cm³/mol. The van der Waals surface area contributed by atoms with Crippen molar-refractivity contribution in [2.24, 2.45) is 0 Å². The van der Waals surface area contributed by atoms with Crippen LogP contribution in [0.25, 0.3) is 17.0 Å². The zero-order chi connectivity index (χ0) is 26.9. The minimum absolute atomic E-state index is 0.0619. The summed E-state index contributed by atoms with van der Waals surface area (Å²) in [4.78, 5) is 32.4. The first-order chi connectivity index (χ1) is 19.0. The summed E-state index contributed by atoms with van der Waals surface area (Å²) in [5, 5.41) is 3.04. The van der Waals surface area contributed by atoms with Gasteiger partial charge in [-0.05, 0) is 25.0 Å². The van der Waals surface area contributed by atoms with Crippen LogP contribution in [0.3, 0.4) is 0 Å². The number of anilines is 2. The predicted octanol–water partition coefficient (Wildman–Crippen LogP) is 2.00. The quantitative estimate of drug-likeness (QED) is 0.458. The third kappa shape index (κ3) is 5.46. The highest BCUT2D eigenvalue weighted by molar-refractivity contribution is 5.84. The third-order valence-electron chi connectivity index (χ3n) is 7.32. The number of fused-ring (bicyclic) bond motifs is 1. The molecule has 0 radical (unpaired) electrons. The van der Waals surface area contributed by atoms with E-state index in [2.05, 4.69) is 25.0 Å². The monoisotopic (exact) mass is 542 g/mol. The summed E-state index contributed by atoms with van der Waals surface area (Å²) in [6.45, 7) is 5.45. The van der Waals surface area contributed by atoms with Crippen LogP contribution in [-0.2, 0) is 9.53 Å². The number of nitrogens with one attached hydrogen (secondary N) is 1. The molecular weight excluding hydrogens is 510 g/mol. The van der Waals surface area contributed by atoms with Crippen LogP contribution in [0.1, 0.15) is 25.1 Å². The molecule has 0 spiro atoms.